The highest BCUT2D eigenvalue weighted by atomic mass is 32.1. The molecule has 0 fully saturated rings. The van der Waals surface area contributed by atoms with Gasteiger partial charge in [0.15, 0.2) is 5.78 Å². The largest absolute Gasteiger partial charge is 0.382 e. The highest BCUT2D eigenvalue weighted by Gasteiger charge is 2.11. The fraction of sp³-hybridized carbons (Fsp3) is 0.400. The van der Waals surface area contributed by atoms with Gasteiger partial charge >= 0.3 is 0 Å². The second kappa shape index (κ2) is 3.92. The molecule has 0 amide bonds. The zero-order valence-corrected chi connectivity index (χ0v) is 8.86. The van der Waals surface area contributed by atoms with E-state index in [9.17, 15) is 4.79 Å². The minimum atomic E-state index is 0.225. The van der Waals surface area contributed by atoms with Gasteiger partial charge in [0, 0.05) is 29.3 Å². The van der Waals surface area contributed by atoms with Crippen molar-refractivity contribution in [2.24, 2.45) is 0 Å². The minimum absolute atomic E-state index is 0.225. The zero-order valence-electron chi connectivity index (χ0n) is 8.04. The Morgan fingerprint density at radius 2 is 2.43 bits per heavy atom. The van der Waals surface area contributed by atoms with Gasteiger partial charge in [0.05, 0.1) is 6.54 Å². The monoisotopic (exact) mass is 208 g/mol. The zero-order chi connectivity index (χ0) is 9.97. The molecule has 1 aromatic heterocycles. The third-order valence-electron chi connectivity index (χ3n) is 2.11. The number of nitrogens with zero attached hydrogens (tertiary/aromatic N) is 1. The standard InChI is InChI=1S/C10H12N2OS/c1-7-5-12-10(14-7)6-11-8-2-3-9(13)4-8/h4-5,11H,2-3,6H2,1H3. The normalized spacial score (nSPS) is 15.8. The van der Waals surface area contributed by atoms with Crippen LogP contribution < -0.4 is 5.32 Å². The van der Waals surface area contributed by atoms with Crippen molar-refractivity contribution in [1.82, 2.24) is 10.3 Å². The summed E-state index contributed by atoms with van der Waals surface area (Å²) in [6, 6.07) is 0. The fourth-order valence-corrected chi connectivity index (χ4v) is 2.14. The van der Waals surface area contributed by atoms with Crippen molar-refractivity contribution in [2.45, 2.75) is 26.3 Å². The number of nitrogens with one attached hydrogen (secondary N) is 1. The Bertz CT molecular complexity index is 381. The van der Waals surface area contributed by atoms with Gasteiger partial charge in [0.2, 0.25) is 0 Å². The summed E-state index contributed by atoms with van der Waals surface area (Å²) in [6.07, 6.45) is 5.07. The molecule has 74 valence electrons. The van der Waals surface area contributed by atoms with E-state index in [4.69, 9.17) is 0 Å². The lowest BCUT2D eigenvalue weighted by atomic mass is 10.3. The number of ketones is 1. The molecular weight excluding hydrogens is 196 g/mol. The van der Waals surface area contributed by atoms with Crippen molar-refractivity contribution in [3.63, 3.8) is 0 Å². The smallest absolute Gasteiger partial charge is 0.157 e. The van der Waals surface area contributed by atoms with E-state index in [1.54, 1.807) is 17.4 Å². The predicted octanol–water partition coefficient (Wildman–Crippen LogP) is 1.79. The molecule has 1 aliphatic carbocycles. The number of rotatable bonds is 3. The molecule has 1 N–H and O–H groups in total. The van der Waals surface area contributed by atoms with Gasteiger partial charge < -0.3 is 5.32 Å². The van der Waals surface area contributed by atoms with Crippen molar-refractivity contribution in [2.75, 3.05) is 0 Å². The molecular formula is C10H12N2OS. The minimum Gasteiger partial charge on any atom is -0.382 e. The first-order valence-electron chi connectivity index (χ1n) is 4.62. The van der Waals surface area contributed by atoms with Gasteiger partial charge in [-0.3, -0.25) is 4.79 Å². The Labute approximate surface area is 86.9 Å². The molecule has 2 rings (SSSR count). The number of carbonyl (C=O) groups is 1. The van der Waals surface area contributed by atoms with Crippen LogP contribution in [0.15, 0.2) is 18.0 Å². The first kappa shape index (κ1) is 9.40. The van der Waals surface area contributed by atoms with Crippen LogP contribution in [0.2, 0.25) is 0 Å². The van der Waals surface area contributed by atoms with Crippen LogP contribution in [0.4, 0.5) is 0 Å². The molecule has 3 nitrogen and oxygen atoms in total. The van der Waals surface area contributed by atoms with Crippen molar-refractivity contribution in [3.05, 3.63) is 27.9 Å². The van der Waals surface area contributed by atoms with E-state index in [0.29, 0.717) is 6.42 Å². The maximum Gasteiger partial charge on any atom is 0.157 e. The van der Waals surface area contributed by atoms with Crippen LogP contribution in [0.3, 0.4) is 0 Å². The molecule has 0 atom stereocenters. The lowest BCUT2D eigenvalue weighted by Crippen LogP contribution is -2.10. The van der Waals surface area contributed by atoms with Gasteiger partial charge in [-0.25, -0.2) is 4.98 Å². The van der Waals surface area contributed by atoms with Crippen LogP contribution in [0.1, 0.15) is 22.7 Å². The summed E-state index contributed by atoms with van der Waals surface area (Å²) in [5, 5.41) is 4.30. The molecule has 0 radical (unpaired) electrons. The quantitative estimate of drug-likeness (QED) is 0.823. The Morgan fingerprint density at radius 3 is 3.00 bits per heavy atom. The highest BCUT2D eigenvalue weighted by molar-refractivity contribution is 7.11. The molecule has 0 unspecified atom stereocenters. The molecule has 0 saturated heterocycles. The summed E-state index contributed by atoms with van der Waals surface area (Å²) in [5.74, 6) is 0.225. The van der Waals surface area contributed by atoms with E-state index in [-0.39, 0.29) is 5.78 Å². The molecule has 0 aromatic carbocycles. The van der Waals surface area contributed by atoms with Crippen LogP contribution in [-0.4, -0.2) is 10.8 Å². The Hall–Kier alpha value is -1.16. The maximum absolute atomic E-state index is 10.9. The average Bonchev–Trinajstić information content (AvgIpc) is 2.72. The van der Waals surface area contributed by atoms with E-state index in [1.165, 1.54) is 4.88 Å². The molecule has 1 heterocycles. The SMILES string of the molecule is Cc1cnc(CNC2=CC(=O)CC2)s1. The van der Waals surface area contributed by atoms with E-state index < -0.39 is 0 Å². The van der Waals surface area contributed by atoms with Crippen molar-refractivity contribution < 1.29 is 4.79 Å². The number of thiazole rings is 1. The maximum atomic E-state index is 10.9. The van der Waals surface area contributed by atoms with Crippen molar-refractivity contribution in [1.29, 1.82) is 0 Å². The Kier molecular flexibility index (Phi) is 2.63. The third-order valence-corrected chi connectivity index (χ3v) is 3.02. The van der Waals surface area contributed by atoms with Gasteiger partial charge in [0.25, 0.3) is 0 Å². The lowest BCUT2D eigenvalue weighted by Gasteiger charge is -2.02. The van der Waals surface area contributed by atoms with E-state index >= 15 is 0 Å². The molecule has 0 saturated carbocycles. The Morgan fingerprint density at radius 1 is 1.57 bits per heavy atom. The molecule has 0 spiro atoms. The first-order chi connectivity index (χ1) is 6.74. The van der Waals surface area contributed by atoms with Crippen molar-refractivity contribution >= 4 is 17.1 Å². The molecule has 1 aliphatic rings. The van der Waals surface area contributed by atoms with Crippen LogP contribution in [-0.2, 0) is 11.3 Å². The summed E-state index contributed by atoms with van der Waals surface area (Å²) < 4.78 is 0. The fourth-order valence-electron chi connectivity index (χ4n) is 1.41. The summed E-state index contributed by atoms with van der Waals surface area (Å²) in [6.45, 7) is 2.77. The molecule has 14 heavy (non-hydrogen) atoms. The number of hydrogen-bond acceptors (Lipinski definition) is 4. The van der Waals surface area contributed by atoms with Gasteiger partial charge in [-0.2, -0.15) is 0 Å². The van der Waals surface area contributed by atoms with E-state index in [1.807, 2.05) is 13.1 Å². The molecule has 1 aromatic rings. The van der Waals surface area contributed by atoms with Gasteiger partial charge in [-0.15, -0.1) is 11.3 Å². The molecule has 0 bridgehead atoms. The number of aryl methyl sites for hydroxylation is 1. The average molecular weight is 208 g/mol. The number of allylic oxidation sites excluding steroid dienone is 2. The topological polar surface area (TPSA) is 42.0 Å². The summed E-state index contributed by atoms with van der Waals surface area (Å²) in [5.41, 5.74) is 1.04. The lowest BCUT2D eigenvalue weighted by molar-refractivity contribution is -0.114. The van der Waals surface area contributed by atoms with Gasteiger partial charge in [-0.05, 0) is 13.3 Å². The summed E-state index contributed by atoms with van der Waals surface area (Å²) >= 11 is 1.69. The van der Waals surface area contributed by atoms with Crippen LogP contribution >= 0.6 is 11.3 Å². The second-order valence-electron chi connectivity index (χ2n) is 3.35. The van der Waals surface area contributed by atoms with Crippen molar-refractivity contribution in [3.8, 4) is 0 Å². The second-order valence-corrected chi connectivity index (χ2v) is 4.67. The predicted molar refractivity (Wildman–Crippen MR) is 56.0 cm³/mol. The Balaban J connectivity index is 1.89. The van der Waals surface area contributed by atoms with Crippen LogP contribution in [0.5, 0.6) is 0 Å². The number of carbonyl (C=O) groups excluding carboxylic acids is 1. The van der Waals surface area contributed by atoms with E-state index in [2.05, 4.69) is 10.3 Å². The van der Waals surface area contributed by atoms with Crippen LogP contribution in [0.25, 0.3) is 0 Å². The van der Waals surface area contributed by atoms with E-state index in [0.717, 1.165) is 23.7 Å². The van der Waals surface area contributed by atoms with Crippen LogP contribution in [0, 0.1) is 6.92 Å². The summed E-state index contributed by atoms with van der Waals surface area (Å²) in [7, 11) is 0. The third kappa shape index (κ3) is 2.20. The molecule has 0 aliphatic heterocycles. The summed E-state index contributed by atoms with van der Waals surface area (Å²) in [4.78, 5) is 16.4. The number of hydrogen-bond donors (Lipinski definition) is 1. The highest BCUT2D eigenvalue weighted by Crippen LogP contribution is 2.15. The van der Waals surface area contributed by atoms with Gasteiger partial charge in [0.1, 0.15) is 5.01 Å². The first-order valence-corrected chi connectivity index (χ1v) is 5.44. The van der Waals surface area contributed by atoms with Gasteiger partial charge in [-0.1, -0.05) is 0 Å². The number of aromatic nitrogens is 1. The molecule has 4 heteroatoms.